The lowest BCUT2D eigenvalue weighted by Gasteiger charge is -2.09. The minimum Gasteiger partial charge on any atom is -0.468 e. The third-order valence-electron chi connectivity index (χ3n) is 3.17. The van der Waals surface area contributed by atoms with Crippen LogP contribution in [0.15, 0.2) is 42.6 Å². The minimum absolute atomic E-state index is 0.0542. The molecular weight excluding hydrogens is 286 g/mol. The van der Waals surface area contributed by atoms with E-state index >= 15 is 0 Å². The van der Waals surface area contributed by atoms with E-state index < -0.39 is 16.9 Å². The van der Waals surface area contributed by atoms with E-state index in [0.29, 0.717) is 17.7 Å². The highest BCUT2D eigenvalue weighted by molar-refractivity contribution is 5.76. The van der Waals surface area contributed by atoms with Crippen LogP contribution in [0.4, 0.5) is 5.69 Å². The van der Waals surface area contributed by atoms with E-state index in [1.165, 1.54) is 25.4 Å². The quantitative estimate of drug-likeness (QED) is 0.511. The second kappa shape index (κ2) is 6.77. The Morgan fingerprint density at radius 2 is 2.05 bits per heavy atom. The lowest BCUT2D eigenvalue weighted by Crippen LogP contribution is -2.33. The monoisotopic (exact) mass is 301 g/mol. The number of hydrogen-bond donors (Lipinski definition) is 1. The maximum absolute atomic E-state index is 11.3. The summed E-state index contributed by atoms with van der Waals surface area (Å²) < 4.78 is 4.57. The summed E-state index contributed by atoms with van der Waals surface area (Å²) in [5.74, 6) is -0.482. The van der Waals surface area contributed by atoms with Gasteiger partial charge >= 0.3 is 5.97 Å². The van der Waals surface area contributed by atoms with Crippen LogP contribution in [0.3, 0.4) is 0 Å². The maximum atomic E-state index is 11.3. The van der Waals surface area contributed by atoms with Gasteiger partial charge in [0, 0.05) is 17.8 Å². The van der Waals surface area contributed by atoms with Crippen LogP contribution < -0.4 is 5.73 Å². The molecule has 0 saturated heterocycles. The van der Waals surface area contributed by atoms with Crippen molar-refractivity contribution in [2.75, 3.05) is 7.11 Å². The second-order valence-electron chi connectivity index (χ2n) is 4.66. The molecule has 1 atom stereocenters. The molecule has 0 radical (unpaired) electrons. The SMILES string of the molecule is COC(=O)C(N)Cc1ccc(-c2ncccc2[N+](=O)[O-])cc1. The number of hydrogen-bond acceptors (Lipinski definition) is 6. The molecule has 7 heteroatoms. The van der Waals surface area contributed by atoms with E-state index in [2.05, 4.69) is 9.72 Å². The Morgan fingerprint density at radius 1 is 1.36 bits per heavy atom. The first-order valence-corrected chi connectivity index (χ1v) is 6.55. The first-order valence-electron chi connectivity index (χ1n) is 6.55. The Kier molecular flexibility index (Phi) is 4.80. The largest absolute Gasteiger partial charge is 0.468 e. The predicted octanol–water partition coefficient (Wildman–Crippen LogP) is 1.70. The predicted molar refractivity (Wildman–Crippen MR) is 80.0 cm³/mol. The first-order chi connectivity index (χ1) is 10.5. The number of nitrogens with two attached hydrogens (primary N) is 1. The Hall–Kier alpha value is -2.80. The van der Waals surface area contributed by atoms with Crippen LogP contribution >= 0.6 is 0 Å². The first kappa shape index (κ1) is 15.6. The standard InChI is InChI=1S/C15H15N3O4/c1-22-15(19)12(16)9-10-4-6-11(7-5-10)14-13(18(20)21)3-2-8-17-14/h2-8,12H,9,16H2,1H3. The summed E-state index contributed by atoms with van der Waals surface area (Å²) in [6, 6.07) is 9.14. The van der Waals surface area contributed by atoms with Crippen molar-refractivity contribution in [3.05, 3.63) is 58.3 Å². The van der Waals surface area contributed by atoms with Gasteiger partial charge in [-0.2, -0.15) is 0 Å². The van der Waals surface area contributed by atoms with Crippen molar-refractivity contribution in [1.29, 1.82) is 0 Å². The molecule has 0 saturated carbocycles. The number of carbonyl (C=O) groups is 1. The van der Waals surface area contributed by atoms with Crippen LogP contribution in [0.25, 0.3) is 11.3 Å². The summed E-state index contributed by atoms with van der Waals surface area (Å²) in [5, 5.41) is 11.0. The van der Waals surface area contributed by atoms with Crippen LogP contribution in [0.1, 0.15) is 5.56 Å². The number of esters is 1. The number of aromatic nitrogens is 1. The van der Waals surface area contributed by atoms with E-state index in [1.807, 2.05) is 0 Å². The van der Waals surface area contributed by atoms with Gasteiger partial charge in [-0.1, -0.05) is 24.3 Å². The molecule has 7 nitrogen and oxygen atoms in total. The highest BCUT2D eigenvalue weighted by atomic mass is 16.6. The number of pyridine rings is 1. The molecule has 2 aromatic rings. The second-order valence-corrected chi connectivity index (χ2v) is 4.66. The zero-order chi connectivity index (χ0) is 16.1. The molecule has 2 rings (SSSR count). The Balaban J connectivity index is 2.23. The average molecular weight is 301 g/mol. The van der Waals surface area contributed by atoms with Gasteiger partial charge in [-0.05, 0) is 18.1 Å². The van der Waals surface area contributed by atoms with Crippen LogP contribution in [0, 0.1) is 10.1 Å². The third-order valence-corrected chi connectivity index (χ3v) is 3.17. The van der Waals surface area contributed by atoms with Crippen molar-refractivity contribution < 1.29 is 14.5 Å². The van der Waals surface area contributed by atoms with E-state index in [4.69, 9.17) is 5.73 Å². The molecule has 114 valence electrons. The minimum atomic E-state index is -0.736. The normalized spacial score (nSPS) is 11.7. The van der Waals surface area contributed by atoms with E-state index in [1.54, 1.807) is 24.3 Å². The van der Waals surface area contributed by atoms with Crippen LogP contribution in [0.5, 0.6) is 0 Å². The lowest BCUT2D eigenvalue weighted by atomic mass is 10.0. The van der Waals surface area contributed by atoms with Gasteiger partial charge in [0.05, 0.1) is 12.0 Å². The molecule has 1 aromatic heterocycles. The van der Waals surface area contributed by atoms with Gasteiger partial charge < -0.3 is 10.5 Å². The molecule has 0 bridgehead atoms. The molecule has 0 fully saturated rings. The molecule has 1 unspecified atom stereocenters. The van der Waals surface area contributed by atoms with E-state index in [0.717, 1.165) is 5.56 Å². The van der Waals surface area contributed by atoms with Crippen molar-refractivity contribution >= 4 is 11.7 Å². The van der Waals surface area contributed by atoms with Crippen molar-refractivity contribution in [1.82, 2.24) is 4.98 Å². The van der Waals surface area contributed by atoms with Gasteiger partial charge in [0.1, 0.15) is 11.7 Å². The van der Waals surface area contributed by atoms with Crippen LogP contribution in [-0.4, -0.2) is 29.0 Å². The average Bonchev–Trinajstić information content (AvgIpc) is 2.54. The summed E-state index contributed by atoms with van der Waals surface area (Å²) in [5.41, 5.74) is 7.41. The van der Waals surface area contributed by atoms with Crippen molar-refractivity contribution in [3.8, 4) is 11.3 Å². The molecule has 1 heterocycles. The zero-order valence-corrected chi connectivity index (χ0v) is 11.9. The van der Waals surface area contributed by atoms with Gasteiger partial charge in [-0.25, -0.2) is 4.98 Å². The van der Waals surface area contributed by atoms with Gasteiger partial charge in [0.2, 0.25) is 0 Å². The molecule has 0 amide bonds. The highest BCUT2D eigenvalue weighted by Crippen LogP contribution is 2.27. The summed E-state index contributed by atoms with van der Waals surface area (Å²) in [7, 11) is 1.28. The van der Waals surface area contributed by atoms with Crippen molar-refractivity contribution in [2.45, 2.75) is 12.5 Å². The third kappa shape index (κ3) is 3.44. The Labute approximate surface area is 126 Å². The van der Waals surface area contributed by atoms with Crippen molar-refractivity contribution in [3.63, 3.8) is 0 Å². The number of nitrogens with zero attached hydrogens (tertiary/aromatic N) is 2. The summed E-state index contributed by atoms with van der Waals surface area (Å²) >= 11 is 0. The molecule has 0 spiro atoms. The number of ether oxygens (including phenoxy) is 1. The van der Waals surface area contributed by atoms with Gasteiger partial charge in [0.25, 0.3) is 5.69 Å². The fourth-order valence-corrected chi connectivity index (χ4v) is 2.05. The fourth-order valence-electron chi connectivity index (χ4n) is 2.05. The number of methoxy groups -OCH3 is 1. The molecule has 2 N–H and O–H groups in total. The summed E-state index contributed by atoms with van der Waals surface area (Å²) in [6.07, 6.45) is 1.83. The van der Waals surface area contributed by atoms with Crippen molar-refractivity contribution in [2.24, 2.45) is 5.73 Å². The molecule has 0 aliphatic carbocycles. The number of rotatable bonds is 5. The topological polar surface area (TPSA) is 108 Å². The van der Waals surface area contributed by atoms with Crippen LogP contribution in [-0.2, 0) is 16.0 Å². The molecular formula is C15H15N3O4. The van der Waals surface area contributed by atoms with Crippen LogP contribution in [0.2, 0.25) is 0 Å². The Morgan fingerprint density at radius 3 is 2.64 bits per heavy atom. The van der Waals surface area contributed by atoms with E-state index in [-0.39, 0.29) is 5.69 Å². The highest BCUT2D eigenvalue weighted by Gasteiger charge is 2.17. The van der Waals surface area contributed by atoms with Gasteiger partial charge in [0.15, 0.2) is 0 Å². The van der Waals surface area contributed by atoms with Gasteiger partial charge in [-0.3, -0.25) is 14.9 Å². The smallest absolute Gasteiger partial charge is 0.322 e. The summed E-state index contributed by atoms with van der Waals surface area (Å²) in [6.45, 7) is 0. The molecule has 0 aliphatic heterocycles. The number of carbonyl (C=O) groups excluding carboxylic acids is 1. The lowest BCUT2D eigenvalue weighted by molar-refractivity contribution is -0.384. The van der Waals surface area contributed by atoms with E-state index in [9.17, 15) is 14.9 Å². The molecule has 22 heavy (non-hydrogen) atoms. The Bertz CT molecular complexity index is 685. The molecule has 1 aromatic carbocycles. The zero-order valence-electron chi connectivity index (χ0n) is 11.9. The fraction of sp³-hybridized carbons (Fsp3) is 0.200. The summed E-state index contributed by atoms with van der Waals surface area (Å²) in [4.78, 5) is 25.9. The van der Waals surface area contributed by atoms with Gasteiger partial charge in [-0.15, -0.1) is 0 Å². The molecule has 0 aliphatic rings. The number of benzene rings is 1. The maximum Gasteiger partial charge on any atom is 0.322 e. The number of nitro groups is 1.